The van der Waals surface area contributed by atoms with E-state index in [1.54, 1.807) is 6.07 Å². The van der Waals surface area contributed by atoms with Crippen LogP contribution in [0.3, 0.4) is 0 Å². The third kappa shape index (κ3) is 3.85. The van der Waals surface area contributed by atoms with Crippen LogP contribution < -0.4 is 0 Å². The SMILES string of the molecule is CC(C)(O)CC1CCN(C(=O)c2cc3ccc(Cl)nc3[nH]2)CC1. The van der Waals surface area contributed by atoms with Crippen LogP contribution in [0.1, 0.15) is 43.6 Å². The lowest BCUT2D eigenvalue weighted by Gasteiger charge is -2.34. The molecule has 3 heterocycles. The van der Waals surface area contributed by atoms with Crippen LogP contribution >= 0.6 is 11.6 Å². The van der Waals surface area contributed by atoms with Crippen molar-refractivity contribution in [2.75, 3.05) is 13.1 Å². The molecule has 1 aliphatic rings. The van der Waals surface area contributed by atoms with Gasteiger partial charge in [0.1, 0.15) is 16.5 Å². The number of hydrogen-bond acceptors (Lipinski definition) is 3. The van der Waals surface area contributed by atoms with Crippen molar-refractivity contribution in [2.24, 2.45) is 5.92 Å². The molecule has 0 radical (unpaired) electrons. The number of carbonyl (C=O) groups is 1. The first-order chi connectivity index (χ1) is 10.8. The third-order valence-corrected chi connectivity index (χ3v) is 4.58. The number of rotatable bonds is 3. The van der Waals surface area contributed by atoms with Gasteiger partial charge in [0.05, 0.1) is 5.60 Å². The number of piperidine rings is 1. The van der Waals surface area contributed by atoms with Crippen LogP contribution in [0.2, 0.25) is 5.15 Å². The molecule has 124 valence electrons. The van der Waals surface area contributed by atoms with Crippen molar-refractivity contribution in [3.05, 3.63) is 29.0 Å². The molecule has 6 heteroatoms. The standard InChI is InChI=1S/C17H22ClN3O2/c1-17(2,23)10-11-5-7-21(8-6-11)16(22)13-9-12-3-4-14(18)20-15(12)19-13/h3-4,9,11,23H,5-8,10H2,1-2H3,(H,19,20). The van der Waals surface area contributed by atoms with Gasteiger partial charge < -0.3 is 15.0 Å². The fourth-order valence-electron chi connectivity index (χ4n) is 3.31. The molecule has 2 aromatic rings. The Balaban J connectivity index is 1.66. The fraction of sp³-hybridized carbons (Fsp3) is 0.529. The van der Waals surface area contributed by atoms with Gasteiger partial charge in [-0.1, -0.05) is 11.6 Å². The van der Waals surface area contributed by atoms with E-state index in [1.165, 1.54) is 0 Å². The normalized spacial score (nSPS) is 17.0. The Hall–Kier alpha value is -1.59. The molecule has 0 unspecified atom stereocenters. The van der Waals surface area contributed by atoms with Crippen LogP contribution in [0.4, 0.5) is 0 Å². The highest BCUT2D eigenvalue weighted by Gasteiger charge is 2.28. The minimum Gasteiger partial charge on any atom is -0.390 e. The Morgan fingerprint density at radius 1 is 1.43 bits per heavy atom. The molecule has 3 rings (SSSR count). The number of halogens is 1. The minimum atomic E-state index is -0.640. The number of aromatic nitrogens is 2. The van der Waals surface area contributed by atoms with E-state index in [0.29, 0.717) is 22.4 Å². The van der Waals surface area contributed by atoms with Gasteiger partial charge in [-0.2, -0.15) is 0 Å². The van der Waals surface area contributed by atoms with Crippen molar-refractivity contribution in [3.8, 4) is 0 Å². The van der Waals surface area contributed by atoms with Crippen molar-refractivity contribution in [1.82, 2.24) is 14.9 Å². The predicted molar refractivity (Wildman–Crippen MR) is 90.6 cm³/mol. The van der Waals surface area contributed by atoms with Gasteiger partial charge in [-0.25, -0.2) is 4.98 Å². The van der Waals surface area contributed by atoms with Crippen molar-refractivity contribution < 1.29 is 9.90 Å². The summed E-state index contributed by atoms with van der Waals surface area (Å²) >= 11 is 5.88. The van der Waals surface area contributed by atoms with Gasteiger partial charge in [-0.3, -0.25) is 4.79 Å². The molecule has 0 atom stereocenters. The molecule has 2 N–H and O–H groups in total. The summed E-state index contributed by atoms with van der Waals surface area (Å²) in [6.07, 6.45) is 2.64. The van der Waals surface area contributed by atoms with E-state index in [1.807, 2.05) is 30.9 Å². The molecule has 0 aromatic carbocycles. The number of carbonyl (C=O) groups excluding carboxylic acids is 1. The Bertz CT molecular complexity index is 712. The summed E-state index contributed by atoms with van der Waals surface area (Å²) in [5.74, 6) is 0.475. The van der Waals surface area contributed by atoms with Crippen molar-refractivity contribution >= 4 is 28.5 Å². The van der Waals surface area contributed by atoms with Gasteiger partial charge >= 0.3 is 0 Å². The monoisotopic (exact) mass is 335 g/mol. The van der Waals surface area contributed by atoms with Gasteiger partial charge in [0, 0.05) is 18.5 Å². The second-order valence-electron chi connectivity index (χ2n) is 7.01. The Labute approximate surface area is 140 Å². The lowest BCUT2D eigenvalue weighted by atomic mass is 9.86. The second kappa shape index (κ2) is 6.13. The summed E-state index contributed by atoms with van der Waals surface area (Å²) in [6, 6.07) is 5.39. The molecule has 0 saturated carbocycles. The number of aromatic amines is 1. The number of aliphatic hydroxyl groups is 1. The molecule has 1 aliphatic heterocycles. The van der Waals surface area contributed by atoms with E-state index in [0.717, 1.165) is 37.7 Å². The largest absolute Gasteiger partial charge is 0.390 e. The van der Waals surface area contributed by atoms with Gasteiger partial charge in [0.2, 0.25) is 0 Å². The van der Waals surface area contributed by atoms with Crippen molar-refractivity contribution in [3.63, 3.8) is 0 Å². The minimum absolute atomic E-state index is 0.000770. The molecular formula is C17H22ClN3O2. The molecule has 5 nitrogen and oxygen atoms in total. The number of pyridine rings is 1. The molecule has 0 spiro atoms. The van der Waals surface area contributed by atoms with Gasteiger partial charge in [-0.05, 0) is 57.2 Å². The number of nitrogens with zero attached hydrogens (tertiary/aromatic N) is 2. The third-order valence-electron chi connectivity index (χ3n) is 4.37. The van der Waals surface area contributed by atoms with E-state index < -0.39 is 5.60 Å². The maximum absolute atomic E-state index is 12.6. The van der Waals surface area contributed by atoms with Gasteiger partial charge in [0.15, 0.2) is 0 Å². The summed E-state index contributed by atoms with van der Waals surface area (Å²) in [6.45, 7) is 5.13. The first-order valence-electron chi connectivity index (χ1n) is 7.99. The number of H-pyrrole nitrogens is 1. The van der Waals surface area contributed by atoms with E-state index in [4.69, 9.17) is 11.6 Å². The summed E-state index contributed by atoms with van der Waals surface area (Å²) < 4.78 is 0. The topological polar surface area (TPSA) is 69.2 Å². The van der Waals surface area contributed by atoms with Crippen molar-refractivity contribution in [1.29, 1.82) is 0 Å². The Morgan fingerprint density at radius 3 is 2.78 bits per heavy atom. The number of amides is 1. The molecule has 23 heavy (non-hydrogen) atoms. The molecule has 0 bridgehead atoms. The first-order valence-corrected chi connectivity index (χ1v) is 8.36. The summed E-state index contributed by atoms with van der Waals surface area (Å²) in [7, 11) is 0. The fourth-order valence-corrected chi connectivity index (χ4v) is 3.46. The van der Waals surface area contributed by atoms with Crippen LogP contribution in [-0.4, -0.2) is 44.6 Å². The van der Waals surface area contributed by atoms with Gasteiger partial charge in [-0.15, -0.1) is 0 Å². The zero-order valence-corrected chi connectivity index (χ0v) is 14.2. The Morgan fingerprint density at radius 2 is 2.13 bits per heavy atom. The number of hydrogen-bond donors (Lipinski definition) is 2. The smallest absolute Gasteiger partial charge is 0.270 e. The van der Waals surface area contributed by atoms with Gasteiger partial charge in [0.25, 0.3) is 5.91 Å². The van der Waals surface area contributed by atoms with Crippen molar-refractivity contribution in [2.45, 2.75) is 38.7 Å². The molecule has 0 aliphatic carbocycles. The number of likely N-dealkylation sites (tertiary alicyclic amines) is 1. The zero-order chi connectivity index (χ0) is 16.6. The van der Waals surface area contributed by atoms with E-state index >= 15 is 0 Å². The van der Waals surface area contributed by atoms with E-state index in [9.17, 15) is 9.90 Å². The highest BCUT2D eigenvalue weighted by Crippen LogP contribution is 2.27. The lowest BCUT2D eigenvalue weighted by molar-refractivity contribution is 0.0357. The maximum atomic E-state index is 12.6. The van der Waals surface area contributed by atoms with E-state index in [-0.39, 0.29) is 5.91 Å². The number of fused-ring (bicyclic) bond motifs is 1. The van der Waals surface area contributed by atoms with Crippen LogP contribution in [0.25, 0.3) is 11.0 Å². The summed E-state index contributed by atoms with van der Waals surface area (Å²) in [5.41, 5.74) is 0.548. The molecule has 1 saturated heterocycles. The lowest BCUT2D eigenvalue weighted by Crippen LogP contribution is -2.40. The summed E-state index contributed by atoms with van der Waals surface area (Å²) in [4.78, 5) is 21.7. The molecule has 2 aromatic heterocycles. The highest BCUT2D eigenvalue weighted by atomic mass is 35.5. The van der Waals surface area contributed by atoms with Crippen LogP contribution in [0.5, 0.6) is 0 Å². The Kier molecular flexibility index (Phi) is 4.34. The van der Waals surface area contributed by atoms with Crippen LogP contribution in [0, 0.1) is 5.92 Å². The second-order valence-corrected chi connectivity index (χ2v) is 7.39. The summed E-state index contributed by atoms with van der Waals surface area (Å²) in [5, 5.41) is 11.2. The van der Waals surface area contributed by atoms with Crippen LogP contribution in [-0.2, 0) is 0 Å². The van der Waals surface area contributed by atoms with E-state index in [2.05, 4.69) is 9.97 Å². The molecule has 1 amide bonds. The maximum Gasteiger partial charge on any atom is 0.270 e. The molecular weight excluding hydrogens is 314 g/mol. The average Bonchev–Trinajstić information content (AvgIpc) is 2.88. The molecule has 1 fully saturated rings. The zero-order valence-electron chi connectivity index (χ0n) is 13.5. The highest BCUT2D eigenvalue weighted by molar-refractivity contribution is 6.29. The average molecular weight is 336 g/mol. The predicted octanol–water partition coefficient (Wildman–Crippen LogP) is 3.23. The number of nitrogens with one attached hydrogen (secondary N) is 1. The quantitative estimate of drug-likeness (QED) is 0.846. The van der Waals surface area contributed by atoms with Crippen LogP contribution in [0.15, 0.2) is 18.2 Å². The first kappa shape index (κ1) is 16.3.